The molecule has 23 heavy (non-hydrogen) atoms. The summed E-state index contributed by atoms with van der Waals surface area (Å²) in [5.41, 5.74) is 2.25. The molecule has 1 heterocycles. The lowest BCUT2D eigenvalue weighted by Gasteiger charge is -2.11. The van der Waals surface area contributed by atoms with E-state index in [2.05, 4.69) is 9.71 Å². The number of nitrogens with zero attached hydrogens (tertiary/aromatic N) is 1. The summed E-state index contributed by atoms with van der Waals surface area (Å²) in [6, 6.07) is 9.80. The van der Waals surface area contributed by atoms with Gasteiger partial charge in [0.05, 0.1) is 17.7 Å². The van der Waals surface area contributed by atoms with Crippen LogP contribution in [0.3, 0.4) is 0 Å². The molecule has 0 bridgehead atoms. The Morgan fingerprint density at radius 3 is 2.61 bits per heavy atom. The van der Waals surface area contributed by atoms with E-state index in [1.165, 1.54) is 13.2 Å². The monoisotopic (exact) mass is 332 g/mol. The molecule has 1 aromatic heterocycles. The lowest BCUT2D eigenvalue weighted by Crippen LogP contribution is -2.14. The molecule has 0 aliphatic carbocycles. The molecule has 0 saturated heterocycles. The highest BCUT2D eigenvalue weighted by Crippen LogP contribution is 2.25. The van der Waals surface area contributed by atoms with Crippen LogP contribution in [0, 0.1) is 13.8 Å². The molecule has 0 aliphatic heterocycles. The van der Waals surface area contributed by atoms with Crippen molar-refractivity contribution in [3.8, 4) is 5.75 Å². The second-order valence-corrected chi connectivity index (χ2v) is 6.80. The van der Waals surface area contributed by atoms with Crippen LogP contribution >= 0.6 is 0 Å². The molecule has 0 unspecified atom stereocenters. The minimum atomic E-state index is -3.70. The predicted octanol–water partition coefficient (Wildman–Crippen LogP) is 3.25. The summed E-state index contributed by atoms with van der Waals surface area (Å²) in [7, 11) is -2.16. The number of nitrogens with one attached hydrogen (secondary N) is 1. The zero-order valence-corrected chi connectivity index (χ0v) is 13.8. The lowest BCUT2D eigenvalue weighted by atomic mass is 10.2. The summed E-state index contributed by atoms with van der Waals surface area (Å²) in [6.07, 6.45) is 0. The summed E-state index contributed by atoms with van der Waals surface area (Å²) in [5.74, 6) is 1.14. The van der Waals surface area contributed by atoms with Crippen molar-refractivity contribution in [1.82, 2.24) is 4.98 Å². The van der Waals surface area contributed by atoms with Crippen LogP contribution in [0.5, 0.6) is 5.75 Å². The van der Waals surface area contributed by atoms with Crippen molar-refractivity contribution in [3.63, 3.8) is 0 Å². The zero-order valence-electron chi connectivity index (χ0n) is 13.0. The van der Waals surface area contributed by atoms with Crippen molar-refractivity contribution in [2.45, 2.75) is 18.7 Å². The number of fused-ring (bicyclic) bond motifs is 1. The third kappa shape index (κ3) is 3.00. The van der Waals surface area contributed by atoms with Crippen LogP contribution in [0.15, 0.2) is 45.7 Å². The normalized spacial score (nSPS) is 11.6. The highest BCUT2D eigenvalue weighted by Gasteiger charge is 2.18. The molecular formula is C16H16N2O4S. The second-order valence-electron chi connectivity index (χ2n) is 5.15. The molecule has 6 nitrogen and oxygen atoms in total. The Kier molecular flexibility index (Phi) is 3.73. The van der Waals surface area contributed by atoms with Gasteiger partial charge in [0.2, 0.25) is 0 Å². The third-order valence-electron chi connectivity index (χ3n) is 3.42. The van der Waals surface area contributed by atoms with Gasteiger partial charge < -0.3 is 9.15 Å². The Balaban J connectivity index is 1.95. The molecule has 0 spiro atoms. The predicted molar refractivity (Wildman–Crippen MR) is 87.3 cm³/mol. The quantitative estimate of drug-likeness (QED) is 0.793. The number of anilines is 1. The van der Waals surface area contributed by atoms with Crippen LogP contribution in [-0.4, -0.2) is 20.5 Å². The molecule has 120 valence electrons. The first-order valence-electron chi connectivity index (χ1n) is 6.94. The van der Waals surface area contributed by atoms with Gasteiger partial charge >= 0.3 is 0 Å². The fourth-order valence-corrected chi connectivity index (χ4v) is 3.64. The first-order valence-corrected chi connectivity index (χ1v) is 8.42. The van der Waals surface area contributed by atoms with Crippen molar-refractivity contribution < 1.29 is 17.6 Å². The number of aryl methyl sites for hydroxylation is 2. The summed E-state index contributed by atoms with van der Waals surface area (Å²) in [6.45, 7) is 3.46. The van der Waals surface area contributed by atoms with Gasteiger partial charge in [-0.1, -0.05) is 0 Å². The summed E-state index contributed by atoms with van der Waals surface area (Å²) in [5, 5.41) is 0. The number of hydrogen-bond acceptors (Lipinski definition) is 5. The van der Waals surface area contributed by atoms with Gasteiger partial charge in [0.1, 0.15) is 11.3 Å². The molecule has 0 radical (unpaired) electrons. The van der Waals surface area contributed by atoms with E-state index in [9.17, 15) is 8.42 Å². The van der Waals surface area contributed by atoms with E-state index in [0.29, 0.717) is 34.0 Å². The number of ether oxygens (including phenoxy) is 1. The first-order chi connectivity index (χ1) is 10.9. The minimum absolute atomic E-state index is 0.201. The molecule has 0 amide bonds. The van der Waals surface area contributed by atoms with E-state index in [1.54, 1.807) is 44.2 Å². The summed E-state index contributed by atoms with van der Waals surface area (Å²) in [4.78, 5) is 4.39. The van der Waals surface area contributed by atoms with Crippen molar-refractivity contribution >= 4 is 26.8 Å². The van der Waals surface area contributed by atoms with Crippen LogP contribution in [0.4, 0.5) is 5.69 Å². The molecule has 0 atom stereocenters. The van der Waals surface area contributed by atoms with E-state index in [1.807, 2.05) is 0 Å². The van der Waals surface area contributed by atoms with E-state index >= 15 is 0 Å². The lowest BCUT2D eigenvalue weighted by molar-refractivity contribution is 0.414. The number of hydrogen-bond donors (Lipinski definition) is 1. The van der Waals surface area contributed by atoms with Gasteiger partial charge in [-0.3, -0.25) is 4.72 Å². The molecule has 0 saturated carbocycles. The van der Waals surface area contributed by atoms with Crippen LogP contribution in [-0.2, 0) is 10.0 Å². The van der Waals surface area contributed by atoms with Crippen molar-refractivity contribution in [2.24, 2.45) is 0 Å². The third-order valence-corrected chi connectivity index (χ3v) is 4.96. The van der Waals surface area contributed by atoms with Crippen molar-refractivity contribution in [1.29, 1.82) is 0 Å². The molecule has 1 N–H and O–H groups in total. The molecule has 2 aromatic carbocycles. The SMILES string of the molecule is COc1ccc(S(=O)(=O)Nc2ccc3nc(C)oc3c2)c(C)c1. The Hall–Kier alpha value is -2.54. The average Bonchev–Trinajstić information content (AvgIpc) is 2.85. The minimum Gasteiger partial charge on any atom is -0.497 e. The average molecular weight is 332 g/mol. The van der Waals surface area contributed by atoms with Crippen LogP contribution < -0.4 is 9.46 Å². The van der Waals surface area contributed by atoms with Gasteiger partial charge in [-0.05, 0) is 42.8 Å². The Bertz CT molecular complexity index is 977. The molecule has 3 aromatic rings. The Morgan fingerprint density at radius 2 is 1.91 bits per heavy atom. The van der Waals surface area contributed by atoms with Gasteiger partial charge in [-0.2, -0.15) is 0 Å². The Morgan fingerprint density at radius 1 is 1.13 bits per heavy atom. The van der Waals surface area contributed by atoms with E-state index in [0.717, 1.165) is 0 Å². The summed E-state index contributed by atoms with van der Waals surface area (Å²) < 4.78 is 38.2. The van der Waals surface area contributed by atoms with Gasteiger partial charge in [0.25, 0.3) is 10.0 Å². The number of oxazole rings is 1. The van der Waals surface area contributed by atoms with E-state index in [4.69, 9.17) is 9.15 Å². The van der Waals surface area contributed by atoms with E-state index in [-0.39, 0.29) is 4.90 Å². The smallest absolute Gasteiger partial charge is 0.262 e. The molecular weight excluding hydrogens is 316 g/mol. The number of aromatic nitrogens is 1. The standard InChI is InChI=1S/C16H16N2O4S/c1-10-8-13(21-3)5-7-16(10)23(19,20)18-12-4-6-14-15(9-12)22-11(2)17-14/h4-9,18H,1-3H3. The number of benzene rings is 2. The number of rotatable bonds is 4. The largest absolute Gasteiger partial charge is 0.497 e. The van der Waals surface area contributed by atoms with Crippen LogP contribution in [0.25, 0.3) is 11.1 Å². The fourth-order valence-electron chi connectivity index (χ4n) is 2.36. The highest BCUT2D eigenvalue weighted by molar-refractivity contribution is 7.92. The van der Waals surface area contributed by atoms with Gasteiger partial charge in [0, 0.05) is 13.0 Å². The zero-order chi connectivity index (χ0) is 16.6. The maximum absolute atomic E-state index is 12.6. The summed E-state index contributed by atoms with van der Waals surface area (Å²) >= 11 is 0. The van der Waals surface area contributed by atoms with Crippen molar-refractivity contribution in [2.75, 3.05) is 11.8 Å². The van der Waals surface area contributed by atoms with Crippen LogP contribution in [0.2, 0.25) is 0 Å². The maximum Gasteiger partial charge on any atom is 0.262 e. The molecule has 0 fully saturated rings. The highest BCUT2D eigenvalue weighted by atomic mass is 32.2. The molecule has 7 heteroatoms. The first kappa shape index (κ1) is 15.4. The Labute approximate surface area is 134 Å². The van der Waals surface area contributed by atoms with Gasteiger partial charge in [-0.15, -0.1) is 0 Å². The fraction of sp³-hybridized carbons (Fsp3) is 0.188. The van der Waals surface area contributed by atoms with E-state index < -0.39 is 10.0 Å². The second kappa shape index (κ2) is 5.58. The van der Waals surface area contributed by atoms with Crippen molar-refractivity contribution in [3.05, 3.63) is 47.9 Å². The topological polar surface area (TPSA) is 81.4 Å². The number of sulfonamides is 1. The maximum atomic E-state index is 12.6. The van der Waals surface area contributed by atoms with Gasteiger partial charge in [0.15, 0.2) is 11.5 Å². The number of methoxy groups -OCH3 is 1. The van der Waals surface area contributed by atoms with Gasteiger partial charge in [-0.25, -0.2) is 13.4 Å². The van der Waals surface area contributed by atoms with Crippen LogP contribution in [0.1, 0.15) is 11.5 Å². The molecule has 3 rings (SSSR count). The molecule has 0 aliphatic rings.